The minimum atomic E-state index is -0.440. The molecule has 0 aliphatic rings. The summed E-state index contributed by atoms with van der Waals surface area (Å²) in [5, 5.41) is 0. The fraction of sp³-hybridized carbons (Fsp3) is 0.231. The van der Waals surface area contributed by atoms with Crippen molar-refractivity contribution in [2.75, 3.05) is 0 Å². The third-order valence-electron chi connectivity index (χ3n) is 2.10. The van der Waals surface area contributed by atoms with Crippen LogP contribution in [0.25, 0.3) is 0 Å². The first-order chi connectivity index (χ1) is 7.50. The Morgan fingerprint density at radius 3 is 2.56 bits per heavy atom. The van der Waals surface area contributed by atoms with Gasteiger partial charge in [-0.2, -0.15) is 0 Å². The summed E-state index contributed by atoms with van der Waals surface area (Å²) in [5.41, 5.74) is 7.33. The second-order valence-electron chi connectivity index (χ2n) is 3.53. The third-order valence-corrected chi connectivity index (χ3v) is 2.10. The van der Waals surface area contributed by atoms with Crippen LogP contribution in [0.3, 0.4) is 0 Å². The van der Waals surface area contributed by atoms with Gasteiger partial charge in [0.15, 0.2) is 5.78 Å². The van der Waals surface area contributed by atoms with E-state index in [1.807, 2.05) is 13.0 Å². The summed E-state index contributed by atoms with van der Waals surface area (Å²) in [6.45, 7) is 3.39. The lowest BCUT2D eigenvalue weighted by molar-refractivity contribution is -0.117. The number of rotatable bonds is 2. The van der Waals surface area contributed by atoms with E-state index in [0.29, 0.717) is 5.56 Å². The normalized spacial score (nSPS) is 9.12. The highest BCUT2D eigenvalue weighted by Gasteiger charge is 2.02. The molecule has 3 heteroatoms. The molecule has 3 nitrogen and oxygen atoms in total. The van der Waals surface area contributed by atoms with Crippen LogP contribution in [0.1, 0.15) is 34.8 Å². The molecule has 0 radical (unpaired) electrons. The molecule has 1 aromatic carbocycles. The molecule has 16 heavy (non-hydrogen) atoms. The van der Waals surface area contributed by atoms with Crippen molar-refractivity contribution in [3.63, 3.8) is 0 Å². The van der Waals surface area contributed by atoms with E-state index in [1.165, 1.54) is 6.92 Å². The molecule has 2 N–H and O–H groups in total. The van der Waals surface area contributed by atoms with Crippen molar-refractivity contribution in [3.8, 4) is 11.8 Å². The van der Waals surface area contributed by atoms with E-state index in [9.17, 15) is 9.59 Å². The van der Waals surface area contributed by atoms with Gasteiger partial charge in [0, 0.05) is 11.1 Å². The van der Waals surface area contributed by atoms with Crippen LogP contribution in [0.2, 0.25) is 0 Å². The van der Waals surface area contributed by atoms with Gasteiger partial charge in [0.1, 0.15) is 0 Å². The Kier molecular flexibility index (Phi) is 3.84. The van der Waals surface area contributed by atoms with Crippen molar-refractivity contribution in [3.05, 3.63) is 34.9 Å². The van der Waals surface area contributed by atoms with Crippen LogP contribution in [0.5, 0.6) is 0 Å². The summed E-state index contributed by atoms with van der Waals surface area (Å²) in [7, 11) is 0. The number of carbonyl (C=O) groups is 2. The highest BCUT2D eigenvalue weighted by atomic mass is 16.1. The standard InChI is InChI=1S/C13H13NO2/c1-9-8-11(4-3-5-13(14)16)6-7-12(9)10(2)15/h6-8H,5H2,1-2H3,(H2,14,16). The van der Waals surface area contributed by atoms with Crippen molar-refractivity contribution in [2.24, 2.45) is 5.73 Å². The molecular weight excluding hydrogens is 202 g/mol. The lowest BCUT2D eigenvalue weighted by Gasteiger charge is -2.01. The largest absolute Gasteiger partial charge is 0.369 e. The number of hydrogen-bond donors (Lipinski definition) is 1. The molecule has 1 rings (SSSR count). The number of aryl methyl sites for hydroxylation is 1. The Morgan fingerprint density at radius 1 is 1.38 bits per heavy atom. The fourth-order valence-corrected chi connectivity index (χ4v) is 1.37. The minimum absolute atomic E-state index is 0.0362. The summed E-state index contributed by atoms with van der Waals surface area (Å²) >= 11 is 0. The molecule has 0 atom stereocenters. The Labute approximate surface area is 94.6 Å². The van der Waals surface area contributed by atoms with Gasteiger partial charge in [-0.3, -0.25) is 9.59 Å². The van der Waals surface area contributed by atoms with Gasteiger partial charge in [0.25, 0.3) is 0 Å². The minimum Gasteiger partial charge on any atom is -0.369 e. The number of carbonyl (C=O) groups excluding carboxylic acids is 2. The molecule has 0 bridgehead atoms. The average molecular weight is 215 g/mol. The molecule has 1 amide bonds. The van der Waals surface area contributed by atoms with E-state index in [4.69, 9.17) is 5.73 Å². The second-order valence-corrected chi connectivity index (χ2v) is 3.53. The van der Waals surface area contributed by atoms with Gasteiger partial charge in [0.2, 0.25) is 5.91 Å². The predicted octanol–water partition coefficient (Wildman–Crippen LogP) is 1.42. The maximum atomic E-state index is 11.2. The van der Waals surface area contributed by atoms with Gasteiger partial charge < -0.3 is 5.73 Å². The van der Waals surface area contributed by atoms with Gasteiger partial charge in [-0.25, -0.2) is 0 Å². The average Bonchev–Trinajstić information content (AvgIpc) is 2.16. The van der Waals surface area contributed by atoms with E-state index in [2.05, 4.69) is 11.8 Å². The van der Waals surface area contributed by atoms with Crippen molar-refractivity contribution in [1.29, 1.82) is 0 Å². The first-order valence-corrected chi connectivity index (χ1v) is 4.89. The zero-order valence-electron chi connectivity index (χ0n) is 9.33. The van der Waals surface area contributed by atoms with E-state index in [-0.39, 0.29) is 12.2 Å². The molecule has 0 saturated carbocycles. The van der Waals surface area contributed by atoms with Crippen LogP contribution in [0, 0.1) is 18.8 Å². The number of hydrogen-bond acceptors (Lipinski definition) is 2. The number of amides is 1. The van der Waals surface area contributed by atoms with E-state index < -0.39 is 5.91 Å². The third kappa shape index (κ3) is 3.25. The van der Waals surface area contributed by atoms with E-state index in [1.54, 1.807) is 12.1 Å². The van der Waals surface area contributed by atoms with Crippen LogP contribution in [-0.4, -0.2) is 11.7 Å². The lowest BCUT2D eigenvalue weighted by atomic mass is 10.0. The molecule has 1 aromatic rings. The molecule has 0 heterocycles. The van der Waals surface area contributed by atoms with Crippen molar-refractivity contribution >= 4 is 11.7 Å². The van der Waals surface area contributed by atoms with Crippen molar-refractivity contribution in [1.82, 2.24) is 0 Å². The van der Waals surface area contributed by atoms with E-state index >= 15 is 0 Å². The summed E-state index contributed by atoms with van der Waals surface area (Å²) in [5.74, 6) is 5.08. The first-order valence-electron chi connectivity index (χ1n) is 4.89. The number of nitrogens with two attached hydrogens (primary N) is 1. The van der Waals surface area contributed by atoms with Crippen molar-refractivity contribution < 1.29 is 9.59 Å². The highest BCUT2D eigenvalue weighted by Crippen LogP contribution is 2.10. The predicted molar refractivity (Wildman–Crippen MR) is 61.9 cm³/mol. The molecule has 0 fully saturated rings. The zero-order valence-corrected chi connectivity index (χ0v) is 9.33. The number of ketones is 1. The Hall–Kier alpha value is -2.08. The second kappa shape index (κ2) is 5.13. The molecule has 0 aliphatic heterocycles. The van der Waals surface area contributed by atoms with Crippen LogP contribution >= 0.6 is 0 Å². The summed E-state index contributed by atoms with van der Waals surface area (Å²) < 4.78 is 0. The Bertz CT molecular complexity index is 492. The van der Waals surface area contributed by atoms with E-state index in [0.717, 1.165) is 11.1 Å². The summed E-state index contributed by atoms with van der Waals surface area (Å²) in [4.78, 5) is 21.7. The summed E-state index contributed by atoms with van der Waals surface area (Å²) in [6.07, 6.45) is 0.0491. The molecule has 0 spiro atoms. The van der Waals surface area contributed by atoms with Gasteiger partial charge >= 0.3 is 0 Å². The smallest absolute Gasteiger partial charge is 0.229 e. The van der Waals surface area contributed by atoms with Gasteiger partial charge in [-0.15, -0.1) is 0 Å². The first kappa shape index (κ1) is 12.0. The lowest BCUT2D eigenvalue weighted by Crippen LogP contribution is -2.08. The monoisotopic (exact) mass is 215 g/mol. The van der Waals surface area contributed by atoms with Gasteiger partial charge in [-0.1, -0.05) is 11.8 Å². The van der Waals surface area contributed by atoms with Crippen molar-refractivity contribution in [2.45, 2.75) is 20.3 Å². The van der Waals surface area contributed by atoms with Gasteiger partial charge in [0.05, 0.1) is 6.42 Å². The fourth-order valence-electron chi connectivity index (χ4n) is 1.37. The topological polar surface area (TPSA) is 60.2 Å². The number of Topliss-reactive ketones (excluding diaryl/α,β-unsaturated/α-hetero) is 1. The molecular formula is C13H13NO2. The molecule has 0 saturated heterocycles. The van der Waals surface area contributed by atoms with Crippen LogP contribution < -0.4 is 5.73 Å². The van der Waals surface area contributed by atoms with Gasteiger partial charge in [-0.05, 0) is 37.6 Å². The highest BCUT2D eigenvalue weighted by molar-refractivity contribution is 5.95. The molecule has 0 aromatic heterocycles. The maximum absolute atomic E-state index is 11.2. The molecule has 0 unspecified atom stereocenters. The molecule has 82 valence electrons. The van der Waals surface area contributed by atoms with Crippen LogP contribution in [0.15, 0.2) is 18.2 Å². The SMILES string of the molecule is CC(=O)c1ccc(C#CCC(N)=O)cc1C. The summed E-state index contributed by atoms with van der Waals surface area (Å²) in [6, 6.07) is 5.33. The Morgan fingerprint density at radius 2 is 2.06 bits per heavy atom. The quantitative estimate of drug-likeness (QED) is 0.599. The maximum Gasteiger partial charge on any atom is 0.229 e. The Balaban J connectivity index is 2.92. The van der Waals surface area contributed by atoms with Crippen LogP contribution in [-0.2, 0) is 4.79 Å². The molecule has 0 aliphatic carbocycles. The number of benzene rings is 1. The van der Waals surface area contributed by atoms with Crippen LogP contribution in [0.4, 0.5) is 0 Å². The zero-order chi connectivity index (χ0) is 12.1. The number of primary amides is 1.